The van der Waals surface area contributed by atoms with E-state index in [9.17, 15) is 18.4 Å². The maximum Gasteiger partial charge on any atom is 0.586 e. The fourth-order valence-electron chi connectivity index (χ4n) is 2.76. The van der Waals surface area contributed by atoms with Crippen molar-refractivity contribution in [3.8, 4) is 11.5 Å². The Hall–Kier alpha value is -3.01. The van der Waals surface area contributed by atoms with Crippen molar-refractivity contribution >= 4 is 33.1 Å². The Bertz CT molecular complexity index is 1140. The summed E-state index contributed by atoms with van der Waals surface area (Å²) in [6.07, 6.45) is -2.41. The van der Waals surface area contributed by atoms with Gasteiger partial charge in [0.25, 0.3) is 5.56 Å². The lowest BCUT2D eigenvalue weighted by atomic mass is 10.2. The Labute approximate surface area is 155 Å². The summed E-state index contributed by atoms with van der Waals surface area (Å²) in [6.45, 7) is 3.48. The minimum Gasteiger partial charge on any atom is -0.395 e. The highest BCUT2D eigenvalue weighted by atomic mass is 32.1. The Kier molecular flexibility index (Phi) is 3.88. The molecule has 1 aromatic carbocycles. The predicted octanol–water partition coefficient (Wildman–Crippen LogP) is 3.04. The number of aromatic nitrogens is 2. The van der Waals surface area contributed by atoms with Gasteiger partial charge < -0.3 is 14.8 Å². The lowest BCUT2D eigenvalue weighted by Gasteiger charge is -2.08. The quantitative estimate of drug-likeness (QED) is 0.740. The molecule has 0 bridgehead atoms. The zero-order chi connectivity index (χ0) is 19.3. The molecule has 0 saturated heterocycles. The molecule has 1 N–H and O–H groups in total. The van der Waals surface area contributed by atoms with Gasteiger partial charge in [0, 0.05) is 16.6 Å². The van der Waals surface area contributed by atoms with Crippen LogP contribution < -0.4 is 20.3 Å². The molecule has 0 unspecified atom stereocenters. The molecule has 1 aliphatic heterocycles. The van der Waals surface area contributed by atoms with Crippen LogP contribution in [0.3, 0.4) is 0 Å². The summed E-state index contributed by atoms with van der Waals surface area (Å²) in [7, 11) is 0. The monoisotopic (exact) mass is 393 g/mol. The van der Waals surface area contributed by atoms with Crippen LogP contribution in [0, 0.1) is 13.8 Å². The first kappa shape index (κ1) is 17.4. The van der Waals surface area contributed by atoms with Gasteiger partial charge in [0.2, 0.25) is 5.91 Å². The second kappa shape index (κ2) is 6.02. The van der Waals surface area contributed by atoms with E-state index in [4.69, 9.17) is 0 Å². The highest BCUT2D eigenvalue weighted by molar-refractivity contribution is 7.18. The molecule has 0 radical (unpaired) electrons. The topological polar surface area (TPSA) is 82.5 Å². The summed E-state index contributed by atoms with van der Waals surface area (Å²) in [5, 5.41) is 3.04. The number of amides is 1. The molecule has 27 heavy (non-hydrogen) atoms. The molecule has 140 valence electrons. The van der Waals surface area contributed by atoms with Crippen molar-refractivity contribution in [1.82, 2.24) is 9.55 Å². The van der Waals surface area contributed by atoms with Gasteiger partial charge in [-0.05, 0) is 31.5 Å². The minimum atomic E-state index is -3.73. The molecule has 3 heterocycles. The molecule has 0 saturated carbocycles. The maximum absolute atomic E-state index is 13.0. The van der Waals surface area contributed by atoms with Gasteiger partial charge in [0.15, 0.2) is 11.5 Å². The van der Waals surface area contributed by atoms with Crippen molar-refractivity contribution in [2.45, 2.75) is 26.7 Å². The summed E-state index contributed by atoms with van der Waals surface area (Å²) in [5.74, 6) is -0.803. The molecule has 0 fully saturated rings. The van der Waals surface area contributed by atoms with Gasteiger partial charge in [-0.15, -0.1) is 20.1 Å². The van der Waals surface area contributed by atoms with E-state index in [-0.39, 0.29) is 29.3 Å². The van der Waals surface area contributed by atoms with E-state index < -0.39 is 12.2 Å². The number of alkyl halides is 2. The number of carbonyl (C=O) groups excluding carboxylic acids is 1. The number of thiophene rings is 1. The van der Waals surface area contributed by atoms with Crippen LogP contribution >= 0.6 is 11.3 Å². The first-order chi connectivity index (χ1) is 12.7. The van der Waals surface area contributed by atoms with Gasteiger partial charge in [-0.3, -0.25) is 14.2 Å². The van der Waals surface area contributed by atoms with E-state index in [1.807, 2.05) is 13.8 Å². The van der Waals surface area contributed by atoms with Crippen LogP contribution in [0.5, 0.6) is 11.5 Å². The lowest BCUT2D eigenvalue weighted by molar-refractivity contribution is -0.286. The zero-order valence-electron chi connectivity index (χ0n) is 14.2. The lowest BCUT2D eigenvalue weighted by Crippen LogP contribution is -2.27. The van der Waals surface area contributed by atoms with Crippen molar-refractivity contribution < 1.29 is 23.0 Å². The number of nitrogens with one attached hydrogen (secondary N) is 1. The van der Waals surface area contributed by atoms with E-state index in [2.05, 4.69) is 19.8 Å². The van der Waals surface area contributed by atoms with Crippen LogP contribution in [-0.4, -0.2) is 21.8 Å². The Balaban J connectivity index is 1.54. The Morgan fingerprint density at radius 3 is 2.81 bits per heavy atom. The number of carbonyl (C=O) groups is 1. The maximum atomic E-state index is 13.0. The summed E-state index contributed by atoms with van der Waals surface area (Å²) >= 11 is 1.42. The number of hydrogen-bond acceptors (Lipinski definition) is 6. The van der Waals surface area contributed by atoms with Gasteiger partial charge in [-0.25, -0.2) is 4.98 Å². The van der Waals surface area contributed by atoms with Crippen molar-refractivity contribution in [3.63, 3.8) is 0 Å². The molecule has 0 aliphatic carbocycles. The minimum absolute atomic E-state index is 0.118. The number of anilines is 1. The van der Waals surface area contributed by atoms with E-state index in [1.54, 1.807) is 0 Å². The first-order valence-corrected chi connectivity index (χ1v) is 8.70. The number of halogens is 2. The molecule has 10 heteroatoms. The molecule has 1 amide bonds. The summed E-state index contributed by atoms with van der Waals surface area (Å²) in [4.78, 5) is 30.7. The Morgan fingerprint density at radius 1 is 1.30 bits per heavy atom. The number of aryl methyl sites for hydroxylation is 2. The van der Waals surface area contributed by atoms with Crippen LogP contribution in [-0.2, 0) is 11.3 Å². The van der Waals surface area contributed by atoms with Gasteiger partial charge in [0.05, 0.1) is 11.7 Å². The smallest absolute Gasteiger partial charge is 0.395 e. The summed E-state index contributed by atoms with van der Waals surface area (Å²) in [6, 6.07) is 3.89. The highest BCUT2D eigenvalue weighted by Crippen LogP contribution is 2.42. The highest BCUT2D eigenvalue weighted by Gasteiger charge is 2.43. The van der Waals surface area contributed by atoms with Crippen LogP contribution in [0.15, 0.2) is 29.3 Å². The van der Waals surface area contributed by atoms with Crippen LogP contribution in [0.2, 0.25) is 0 Å². The normalized spacial score (nSPS) is 14.5. The number of benzene rings is 1. The molecular formula is C17H13F2N3O4S. The van der Waals surface area contributed by atoms with E-state index in [0.29, 0.717) is 10.2 Å². The molecule has 1 aliphatic rings. The van der Waals surface area contributed by atoms with Crippen molar-refractivity contribution in [2.24, 2.45) is 0 Å². The largest absolute Gasteiger partial charge is 0.586 e. The predicted molar refractivity (Wildman–Crippen MR) is 94.6 cm³/mol. The second-order valence-corrected chi connectivity index (χ2v) is 7.22. The molecule has 3 aromatic rings. The van der Waals surface area contributed by atoms with Gasteiger partial charge in [-0.2, -0.15) is 0 Å². The van der Waals surface area contributed by atoms with Crippen LogP contribution in [0.1, 0.15) is 10.4 Å². The third kappa shape index (κ3) is 3.12. The van der Waals surface area contributed by atoms with Crippen molar-refractivity contribution in [2.75, 3.05) is 5.32 Å². The third-order valence-electron chi connectivity index (χ3n) is 4.15. The number of nitrogens with zero attached hydrogens (tertiary/aromatic N) is 2. The van der Waals surface area contributed by atoms with Crippen LogP contribution in [0.4, 0.5) is 14.5 Å². The molecule has 2 aromatic heterocycles. The molecule has 0 atom stereocenters. The SMILES string of the molecule is Cc1sc2ncn(CC(=O)Nc3ccc4c(c3)OC(F)(F)O4)c(=O)c2c1C. The van der Waals surface area contributed by atoms with Gasteiger partial charge in [0.1, 0.15) is 11.4 Å². The summed E-state index contributed by atoms with van der Waals surface area (Å²) in [5.41, 5.74) is 0.783. The molecule has 7 nitrogen and oxygen atoms in total. The fourth-order valence-corrected chi connectivity index (χ4v) is 3.75. The number of hydrogen-bond donors (Lipinski definition) is 1. The summed E-state index contributed by atoms with van der Waals surface area (Å²) < 4.78 is 35.9. The van der Waals surface area contributed by atoms with E-state index >= 15 is 0 Å². The van der Waals surface area contributed by atoms with Gasteiger partial charge >= 0.3 is 6.29 Å². The molecular weight excluding hydrogens is 380 g/mol. The zero-order valence-corrected chi connectivity index (χ0v) is 15.0. The van der Waals surface area contributed by atoms with E-state index in [1.165, 1.54) is 40.4 Å². The third-order valence-corrected chi connectivity index (χ3v) is 5.27. The first-order valence-electron chi connectivity index (χ1n) is 7.88. The van der Waals surface area contributed by atoms with E-state index in [0.717, 1.165) is 10.4 Å². The number of ether oxygens (including phenoxy) is 2. The van der Waals surface area contributed by atoms with Gasteiger partial charge in [-0.1, -0.05) is 0 Å². The average Bonchev–Trinajstić information content (AvgIpc) is 3.05. The Morgan fingerprint density at radius 2 is 2.04 bits per heavy atom. The standard InChI is InChI=1S/C17H13F2N3O4S/c1-8-9(2)27-15-14(8)16(24)22(7-20-15)6-13(23)21-10-3-4-11-12(5-10)26-17(18,19)25-11/h3-5,7H,6H2,1-2H3,(H,21,23). The average molecular weight is 393 g/mol. The van der Waals surface area contributed by atoms with Crippen molar-refractivity contribution in [3.05, 3.63) is 45.3 Å². The van der Waals surface area contributed by atoms with Crippen LogP contribution in [0.25, 0.3) is 10.2 Å². The fraction of sp³-hybridized carbons (Fsp3) is 0.235. The molecule has 4 rings (SSSR count). The second-order valence-electron chi connectivity index (χ2n) is 6.02. The number of rotatable bonds is 3. The molecule has 0 spiro atoms. The number of fused-ring (bicyclic) bond motifs is 2. The van der Waals surface area contributed by atoms with Crippen molar-refractivity contribution in [1.29, 1.82) is 0 Å².